The molecule has 0 bridgehead atoms. The average Bonchev–Trinajstić information content (AvgIpc) is 3.04. The molecule has 2 rings (SSSR count). The van der Waals surface area contributed by atoms with E-state index in [-0.39, 0.29) is 42.5 Å². The summed E-state index contributed by atoms with van der Waals surface area (Å²) in [6.07, 6.45) is 2.85. The first-order valence-corrected chi connectivity index (χ1v) is 7.97. The van der Waals surface area contributed by atoms with Gasteiger partial charge in [-0.25, -0.2) is 4.99 Å². The molecule has 0 aromatic carbocycles. The van der Waals surface area contributed by atoms with Gasteiger partial charge in [-0.15, -0.1) is 24.0 Å². The fourth-order valence-corrected chi connectivity index (χ4v) is 2.54. The minimum Gasteiger partial charge on any atom is -0.466 e. The summed E-state index contributed by atoms with van der Waals surface area (Å²) in [4.78, 5) is 17.7. The van der Waals surface area contributed by atoms with Crippen LogP contribution in [0, 0.1) is 0 Å². The van der Waals surface area contributed by atoms with Crippen LogP contribution in [0.15, 0.2) is 27.8 Å². The minimum atomic E-state index is -1.16. The molecule has 0 spiro atoms. The molecule has 1 aliphatic heterocycles. The highest BCUT2D eigenvalue weighted by Gasteiger charge is 2.27. The first-order chi connectivity index (χ1) is 10.9. The van der Waals surface area contributed by atoms with Crippen molar-refractivity contribution in [3.8, 4) is 0 Å². The molecule has 24 heavy (non-hydrogen) atoms. The lowest BCUT2D eigenvalue weighted by atomic mass is 10.0. The number of piperidine rings is 1. The maximum atomic E-state index is 11.5. The van der Waals surface area contributed by atoms with E-state index >= 15 is 0 Å². The first-order valence-electron chi connectivity index (χ1n) is 7.97. The van der Waals surface area contributed by atoms with Gasteiger partial charge in [-0.3, -0.25) is 4.79 Å². The Hall–Kier alpha value is -1.29. The summed E-state index contributed by atoms with van der Waals surface area (Å²) >= 11 is 0. The molecule has 1 saturated heterocycles. The number of aliphatic imine (C=N–C) groups is 1. The smallest absolute Gasteiger partial charge is 0.222 e. The molecular formula is C16H27IN4O3. The van der Waals surface area contributed by atoms with Crippen LogP contribution in [0.4, 0.5) is 0 Å². The van der Waals surface area contributed by atoms with Crippen LogP contribution in [0.3, 0.4) is 0 Å². The zero-order valence-electron chi connectivity index (χ0n) is 14.4. The summed E-state index contributed by atoms with van der Waals surface area (Å²) in [6, 6.07) is 3.63. The standard InChI is InChI=1S/C16H26N4O3.HI/c1-4-17-15(19-12-7-8-14(21)20(3)10-12)18-11-16(2,22)13-6-5-9-23-13;/h5-6,9,12,22H,4,7-8,10-11H2,1-3H3,(H2,17,18,19);1H. The van der Waals surface area contributed by atoms with Crippen LogP contribution in [0.5, 0.6) is 0 Å². The number of likely N-dealkylation sites (tertiary alicyclic amines) is 1. The van der Waals surface area contributed by atoms with E-state index in [1.807, 2.05) is 14.0 Å². The Morgan fingerprint density at radius 1 is 1.58 bits per heavy atom. The predicted octanol–water partition coefficient (Wildman–Crippen LogP) is 1.28. The van der Waals surface area contributed by atoms with Gasteiger partial charge in [0.2, 0.25) is 5.91 Å². The monoisotopic (exact) mass is 450 g/mol. The van der Waals surface area contributed by atoms with E-state index < -0.39 is 5.60 Å². The van der Waals surface area contributed by atoms with E-state index in [1.54, 1.807) is 24.0 Å². The number of nitrogens with one attached hydrogen (secondary N) is 2. The van der Waals surface area contributed by atoms with Crippen LogP contribution >= 0.6 is 24.0 Å². The summed E-state index contributed by atoms with van der Waals surface area (Å²) < 4.78 is 5.26. The highest BCUT2D eigenvalue weighted by atomic mass is 127. The third-order valence-electron chi connectivity index (χ3n) is 3.91. The number of likely N-dealkylation sites (N-methyl/N-ethyl adjacent to an activating group) is 1. The number of halogens is 1. The van der Waals surface area contributed by atoms with Gasteiger partial charge in [0, 0.05) is 32.6 Å². The van der Waals surface area contributed by atoms with Gasteiger partial charge in [0.05, 0.1) is 12.8 Å². The van der Waals surface area contributed by atoms with Crippen molar-refractivity contribution in [2.45, 2.75) is 38.3 Å². The molecule has 0 aliphatic carbocycles. The molecule has 2 atom stereocenters. The van der Waals surface area contributed by atoms with E-state index in [1.165, 1.54) is 6.26 Å². The summed E-state index contributed by atoms with van der Waals surface area (Å²) in [5, 5.41) is 17.0. The topological polar surface area (TPSA) is 90.1 Å². The van der Waals surface area contributed by atoms with Gasteiger partial charge in [0.25, 0.3) is 0 Å². The zero-order chi connectivity index (χ0) is 16.9. The predicted molar refractivity (Wildman–Crippen MR) is 103 cm³/mol. The Morgan fingerprint density at radius 3 is 2.92 bits per heavy atom. The average molecular weight is 450 g/mol. The van der Waals surface area contributed by atoms with Crippen molar-refractivity contribution in [3.63, 3.8) is 0 Å². The van der Waals surface area contributed by atoms with E-state index in [2.05, 4.69) is 15.6 Å². The van der Waals surface area contributed by atoms with Crippen molar-refractivity contribution in [2.75, 3.05) is 26.7 Å². The van der Waals surface area contributed by atoms with Crippen LogP contribution in [0.2, 0.25) is 0 Å². The van der Waals surface area contributed by atoms with Crippen molar-refractivity contribution in [2.24, 2.45) is 4.99 Å². The zero-order valence-corrected chi connectivity index (χ0v) is 16.7. The van der Waals surface area contributed by atoms with E-state index in [9.17, 15) is 9.90 Å². The Labute approximate surface area is 159 Å². The Balaban J connectivity index is 0.00000288. The molecule has 0 saturated carbocycles. The first kappa shape index (κ1) is 20.8. The van der Waals surface area contributed by atoms with Crippen LogP contribution < -0.4 is 10.6 Å². The summed E-state index contributed by atoms with van der Waals surface area (Å²) in [5.74, 6) is 1.29. The number of aliphatic hydroxyl groups is 1. The van der Waals surface area contributed by atoms with Crippen molar-refractivity contribution in [3.05, 3.63) is 24.2 Å². The van der Waals surface area contributed by atoms with E-state index in [0.29, 0.717) is 24.7 Å². The van der Waals surface area contributed by atoms with Crippen LogP contribution in [0.25, 0.3) is 0 Å². The molecule has 8 heteroatoms. The molecule has 1 aromatic rings. The number of guanidine groups is 1. The van der Waals surface area contributed by atoms with Gasteiger partial charge < -0.3 is 25.1 Å². The fourth-order valence-electron chi connectivity index (χ4n) is 2.54. The summed E-state index contributed by atoms with van der Waals surface area (Å²) in [6.45, 7) is 5.20. The van der Waals surface area contributed by atoms with E-state index in [4.69, 9.17) is 4.42 Å². The molecule has 1 fully saturated rings. The molecular weight excluding hydrogens is 423 g/mol. The minimum absolute atomic E-state index is 0. The SMILES string of the molecule is CCNC(=NCC(C)(O)c1ccco1)NC1CCC(=O)N(C)C1.I. The number of hydrogen-bond donors (Lipinski definition) is 3. The van der Waals surface area contributed by atoms with Crippen molar-refractivity contribution in [1.82, 2.24) is 15.5 Å². The lowest BCUT2D eigenvalue weighted by molar-refractivity contribution is -0.132. The quantitative estimate of drug-likeness (QED) is 0.357. The second-order valence-corrected chi connectivity index (χ2v) is 6.10. The number of hydrogen-bond acceptors (Lipinski definition) is 4. The molecule has 2 heterocycles. The largest absolute Gasteiger partial charge is 0.466 e. The summed E-state index contributed by atoms with van der Waals surface area (Å²) in [5.41, 5.74) is -1.16. The van der Waals surface area contributed by atoms with Crippen LogP contribution in [0.1, 0.15) is 32.4 Å². The highest BCUT2D eigenvalue weighted by molar-refractivity contribution is 14.0. The van der Waals surface area contributed by atoms with E-state index in [0.717, 1.165) is 13.0 Å². The Bertz CT molecular complexity index is 546. The van der Waals surface area contributed by atoms with Gasteiger partial charge >= 0.3 is 0 Å². The van der Waals surface area contributed by atoms with Crippen molar-refractivity contribution < 1.29 is 14.3 Å². The molecule has 3 N–H and O–H groups in total. The molecule has 7 nitrogen and oxygen atoms in total. The molecule has 1 amide bonds. The van der Waals surface area contributed by atoms with Gasteiger partial charge in [-0.2, -0.15) is 0 Å². The fraction of sp³-hybridized carbons (Fsp3) is 0.625. The van der Waals surface area contributed by atoms with Gasteiger partial charge in [-0.05, 0) is 32.4 Å². The summed E-state index contributed by atoms with van der Waals surface area (Å²) in [7, 11) is 1.81. The highest BCUT2D eigenvalue weighted by Crippen LogP contribution is 2.21. The number of nitrogens with zero attached hydrogens (tertiary/aromatic N) is 2. The second-order valence-electron chi connectivity index (χ2n) is 6.10. The number of amides is 1. The molecule has 0 radical (unpaired) electrons. The van der Waals surface area contributed by atoms with Crippen molar-refractivity contribution >= 4 is 35.8 Å². The Morgan fingerprint density at radius 2 is 2.33 bits per heavy atom. The van der Waals surface area contributed by atoms with Gasteiger partial charge in [-0.1, -0.05) is 0 Å². The van der Waals surface area contributed by atoms with Crippen LogP contribution in [-0.4, -0.2) is 54.6 Å². The lowest BCUT2D eigenvalue weighted by Crippen LogP contribution is -2.52. The lowest BCUT2D eigenvalue weighted by Gasteiger charge is -2.31. The number of rotatable bonds is 5. The maximum absolute atomic E-state index is 11.5. The van der Waals surface area contributed by atoms with Crippen molar-refractivity contribution in [1.29, 1.82) is 0 Å². The molecule has 136 valence electrons. The number of carbonyl (C=O) groups is 1. The van der Waals surface area contributed by atoms with Crippen LogP contribution in [-0.2, 0) is 10.4 Å². The molecule has 2 unspecified atom stereocenters. The second kappa shape index (κ2) is 9.26. The maximum Gasteiger partial charge on any atom is 0.222 e. The number of furan rings is 1. The number of carbonyl (C=O) groups excluding carboxylic acids is 1. The van der Waals surface area contributed by atoms with Gasteiger partial charge in [0.15, 0.2) is 5.96 Å². The third-order valence-corrected chi connectivity index (χ3v) is 3.91. The molecule has 1 aromatic heterocycles. The van der Waals surface area contributed by atoms with Gasteiger partial charge in [0.1, 0.15) is 11.4 Å². The molecule has 1 aliphatic rings. The Kier molecular flexibility index (Phi) is 8.01. The normalized spacial score (nSPS) is 21.0. The third kappa shape index (κ3) is 5.66.